The van der Waals surface area contributed by atoms with Gasteiger partial charge in [0.1, 0.15) is 6.61 Å². The van der Waals surface area contributed by atoms with E-state index in [0.717, 1.165) is 0 Å². The minimum atomic E-state index is -0.466. The fourth-order valence-corrected chi connectivity index (χ4v) is 1.40. The zero-order valence-corrected chi connectivity index (χ0v) is 10.8. The van der Waals surface area contributed by atoms with E-state index in [1.54, 1.807) is 6.07 Å². The summed E-state index contributed by atoms with van der Waals surface area (Å²) in [7, 11) is 1.46. The highest BCUT2D eigenvalue weighted by atomic mass is 16.6. The lowest BCUT2D eigenvalue weighted by molar-refractivity contribution is -0.384. The molecule has 0 aliphatic rings. The number of rotatable bonds is 7. The van der Waals surface area contributed by atoms with E-state index in [2.05, 4.69) is 5.32 Å². The van der Waals surface area contributed by atoms with Crippen molar-refractivity contribution in [2.45, 2.75) is 19.9 Å². The molecule has 0 amide bonds. The Morgan fingerprint density at radius 1 is 1.39 bits per heavy atom. The number of ether oxygens (including phenoxy) is 2. The first-order chi connectivity index (χ1) is 8.54. The van der Waals surface area contributed by atoms with Crippen molar-refractivity contribution >= 4 is 5.69 Å². The van der Waals surface area contributed by atoms with Gasteiger partial charge < -0.3 is 14.8 Å². The van der Waals surface area contributed by atoms with Gasteiger partial charge in [-0.05, 0) is 6.07 Å². The summed E-state index contributed by atoms with van der Waals surface area (Å²) >= 11 is 0. The number of nitro groups is 1. The van der Waals surface area contributed by atoms with Gasteiger partial charge in [0.05, 0.1) is 18.1 Å². The van der Waals surface area contributed by atoms with Crippen molar-refractivity contribution in [3.05, 3.63) is 28.3 Å². The second kappa shape index (κ2) is 6.80. The molecule has 0 radical (unpaired) electrons. The Bertz CT molecular complexity index is 407. The Morgan fingerprint density at radius 3 is 2.67 bits per heavy atom. The highest BCUT2D eigenvalue weighted by molar-refractivity contribution is 5.48. The van der Waals surface area contributed by atoms with E-state index < -0.39 is 4.92 Å². The largest absolute Gasteiger partial charge is 0.493 e. The molecule has 0 bridgehead atoms. The second-order valence-electron chi connectivity index (χ2n) is 4.05. The van der Waals surface area contributed by atoms with Crippen LogP contribution in [0.5, 0.6) is 11.5 Å². The Balaban J connectivity index is 2.62. The number of hydrogen-bond donors (Lipinski definition) is 1. The van der Waals surface area contributed by atoms with E-state index in [0.29, 0.717) is 30.7 Å². The van der Waals surface area contributed by atoms with Gasteiger partial charge in [-0.25, -0.2) is 0 Å². The first-order valence-electron chi connectivity index (χ1n) is 5.73. The highest BCUT2D eigenvalue weighted by Gasteiger charge is 2.12. The van der Waals surface area contributed by atoms with Crippen molar-refractivity contribution in [3.63, 3.8) is 0 Å². The van der Waals surface area contributed by atoms with Gasteiger partial charge in [-0.2, -0.15) is 0 Å². The fourth-order valence-electron chi connectivity index (χ4n) is 1.40. The summed E-state index contributed by atoms with van der Waals surface area (Å²) in [6.45, 7) is 5.28. The topological polar surface area (TPSA) is 73.6 Å². The van der Waals surface area contributed by atoms with E-state index >= 15 is 0 Å². The SMILES string of the molecule is COc1cc([N+](=O)[O-])ccc1OCCNC(C)C. The number of non-ortho nitro benzene ring substituents is 1. The molecule has 1 rings (SSSR count). The molecule has 0 fully saturated rings. The lowest BCUT2D eigenvalue weighted by Crippen LogP contribution is -2.27. The molecule has 0 aliphatic carbocycles. The minimum absolute atomic E-state index is 0.0143. The smallest absolute Gasteiger partial charge is 0.273 e. The van der Waals surface area contributed by atoms with Crippen LogP contribution >= 0.6 is 0 Å². The minimum Gasteiger partial charge on any atom is -0.493 e. The summed E-state index contributed by atoms with van der Waals surface area (Å²) in [6.07, 6.45) is 0. The van der Waals surface area contributed by atoms with Crippen molar-refractivity contribution in [3.8, 4) is 11.5 Å². The third-order valence-electron chi connectivity index (χ3n) is 2.27. The number of methoxy groups -OCH3 is 1. The maximum absolute atomic E-state index is 10.6. The monoisotopic (exact) mass is 254 g/mol. The molecule has 0 saturated carbocycles. The molecule has 0 aliphatic heterocycles. The molecule has 0 atom stereocenters. The normalized spacial score (nSPS) is 10.4. The van der Waals surface area contributed by atoms with Crippen LogP contribution in [0.4, 0.5) is 5.69 Å². The molecule has 6 nitrogen and oxygen atoms in total. The van der Waals surface area contributed by atoms with Crippen LogP contribution in [0.25, 0.3) is 0 Å². The number of nitro benzene ring substituents is 1. The van der Waals surface area contributed by atoms with Gasteiger partial charge in [0, 0.05) is 18.7 Å². The maximum atomic E-state index is 10.6. The average Bonchev–Trinajstić information content (AvgIpc) is 2.34. The first kappa shape index (κ1) is 14.2. The van der Waals surface area contributed by atoms with Crippen molar-refractivity contribution in [1.29, 1.82) is 0 Å². The van der Waals surface area contributed by atoms with Crippen LogP contribution in [0.2, 0.25) is 0 Å². The van der Waals surface area contributed by atoms with Gasteiger partial charge in [-0.15, -0.1) is 0 Å². The zero-order valence-electron chi connectivity index (χ0n) is 10.8. The van der Waals surface area contributed by atoms with E-state index in [4.69, 9.17) is 9.47 Å². The van der Waals surface area contributed by atoms with Crippen LogP contribution in [0, 0.1) is 10.1 Å². The van der Waals surface area contributed by atoms with Crippen LogP contribution in [-0.2, 0) is 0 Å². The van der Waals surface area contributed by atoms with Gasteiger partial charge in [0.15, 0.2) is 11.5 Å². The molecule has 100 valence electrons. The lowest BCUT2D eigenvalue weighted by Gasteiger charge is -2.12. The zero-order chi connectivity index (χ0) is 13.5. The summed E-state index contributed by atoms with van der Waals surface area (Å²) in [5, 5.41) is 13.8. The van der Waals surface area contributed by atoms with E-state index in [9.17, 15) is 10.1 Å². The quantitative estimate of drug-likeness (QED) is 0.457. The van der Waals surface area contributed by atoms with Crippen LogP contribution in [-0.4, -0.2) is 31.2 Å². The van der Waals surface area contributed by atoms with Crippen LogP contribution in [0.15, 0.2) is 18.2 Å². The maximum Gasteiger partial charge on any atom is 0.273 e. The summed E-state index contributed by atoms with van der Waals surface area (Å²) in [5.41, 5.74) is -0.0143. The van der Waals surface area contributed by atoms with Crippen LogP contribution < -0.4 is 14.8 Å². The lowest BCUT2D eigenvalue weighted by atomic mass is 10.3. The molecule has 1 aromatic rings. The Kier molecular flexibility index (Phi) is 5.38. The highest BCUT2D eigenvalue weighted by Crippen LogP contribution is 2.30. The number of nitrogens with one attached hydrogen (secondary N) is 1. The van der Waals surface area contributed by atoms with Crippen LogP contribution in [0.1, 0.15) is 13.8 Å². The van der Waals surface area contributed by atoms with Crippen molar-refractivity contribution in [1.82, 2.24) is 5.32 Å². The van der Waals surface area contributed by atoms with E-state index in [-0.39, 0.29) is 5.69 Å². The van der Waals surface area contributed by atoms with Gasteiger partial charge in [-0.3, -0.25) is 10.1 Å². The number of benzene rings is 1. The first-order valence-corrected chi connectivity index (χ1v) is 5.73. The predicted octanol–water partition coefficient (Wildman–Crippen LogP) is 1.98. The van der Waals surface area contributed by atoms with Gasteiger partial charge in [-0.1, -0.05) is 13.8 Å². The second-order valence-corrected chi connectivity index (χ2v) is 4.05. The van der Waals surface area contributed by atoms with Gasteiger partial charge in [0.25, 0.3) is 5.69 Å². The molecule has 1 aromatic carbocycles. The predicted molar refractivity (Wildman–Crippen MR) is 68.3 cm³/mol. The van der Waals surface area contributed by atoms with Crippen LogP contribution in [0.3, 0.4) is 0 Å². The number of hydrogen-bond acceptors (Lipinski definition) is 5. The van der Waals surface area contributed by atoms with Gasteiger partial charge in [0.2, 0.25) is 0 Å². The Labute approximate surface area is 106 Å². The molecule has 0 unspecified atom stereocenters. The van der Waals surface area contributed by atoms with Crippen molar-refractivity contribution < 1.29 is 14.4 Å². The molecule has 1 N–H and O–H groups in total. The standard InChI is InChI=1S/C12H18N2O4/c1-9(2)13-6-7-18-11-5-4-10(14(15)16)8-12(11)17-3/h4-5,8-9,13H,6-7H2,1-3H3. The third-order valence-corrected chi connectivity index (χ3v) is 2.27. The van der Waals surface area contributed by atoms with E-state index in [1.165, 1.54) is 19.2 Å². The number of nitrogens with zero attached hydrogens (tertiary/aromatic N) is 1. The molecule has 6 heteroatoms. The molecule has 0 saturated heterocycles. The Hall–Kier alpha value is -1.82. The van der Waals surface area contributed by atoms with Crippen molar-refractivity contribution in [2.75, 3.05) is 20.3 Å². The summed E-state index contributed by atoms with van der Waals surface area (Å²) < 4.78 is 10.6. The molecular formula is C12H18N2O4. The van der Waals surface area contributed by atoms with Gasteiger partial charge >= 0.3 is 0 Å². The molecule has 18 heavy (non-hydrogen) atoms. The Morgan fingerprint density at radius 2 is 2.11 bits per heavy atom. The van der Waals surface area contributed by atoms with E-state index in [1.807, 2.05) is 13.8 Å². The molecular weight excluding hydrogens is 236 g/mol. The average molecular weight is 254 g/mol. The summed E-state index contributed by atoms with van der Waals surface area (Å²) in [5.74, 6) is 0.877. The third kappa shape index (κ3) is 4.21. The molecule has 0 aromatic heterocycles. The molecule has 0 heterocycles. The van der Waals surface area contributed by atoms with Crippen molar-refractivity contribution in [2.24, 2.45) is 0 Å². The molecule has 0 spiro atoms. The fraction of sp³-hybridized carbons (Fsp3) is 0.500. The summed E-state index contributed by atoms with van der Waals surface area (Å²) in [4.78, 5) is 10.1. The summed E-state index contributed by atoms with van der Waals surface area (Å²) in [6, 6.07) is 4.69.